The molecule has 0 aliphatic rings. The molecule has 3 N–H and O–H groups in total. The molecule has 0 heterocycles. The fraction of sp³-hybridized carbons (Fsp3) is 0.400. The van der Waals surface area contributed by atoms with Crippen molar-refractivity contribution in [1.82, 2.24) is 10.6 Å². The van der Waals surface area contributed by atoms with E-state index in [1.54, 1.807) is 0 Å². The van der Waals surface area contributed by atoms with Crippen LogP contribution in [0.2, 0.25) is 0 Å². The number of rotatable bonds is 7. The minimum Gasteiger partial charge on any atom is -0.480 e. The van der Waals surface area contributed by atoms with E-state index in [0.29, 0.717) is 4.47 Å². The molecule has 23 heavy (non-hydrogen) atoms. The second-order valence-corrected chi connectivity index (χ2v) is 6.31. The molecule has 0 aliphatic carbocycles. The van der Waals surface area contributed by atoms with Crippen LogP contribution >= 0.6 is 15.9 Å². The Morgan fingerprint density at radius 1 is 1.30 bits per heavy atom. The van der Waals surface area contributed by atoms with Crippen LogP contribution in [0.15, 0.2) is 22.7 Å². The van der Waals surface area contributed by atoms with E-state index >= 15 is 0 Å². The molecule has 0 radical (unpaired) electrons. The van der Waals surface area contributed by atoms with Crippen LogP contribution in [0.25, 0.3) is 0 Å². The third-order valence-corrected chi connectivity index (χ3v) is 3.42. The first-order valence-electron chi connectivity index (χ1n) is 6.96. The summed E-state index contributed by atoms with van der Waals surface area (Å²) in [5, 5.41) is 13.6. The molecule has 0 spiro atoms. The number of carboxylic acids is 1. The Labute approximate surface area is 141 Å². The maximum absolute atomic E-state index is 13.5. The summed E-state index contributed by atoms with van der Waals surface area (Å²) in [6.45, 7) is 3.23. The van der Waals surface area contributed by atoms with Gasteiger partial charge in [-0.3, -0.25) is 9.59 Å². The highest BCUT2D eigenvalue weighted by atomic mass is 79.9. The summed E-state index contributed by atoms with van der Waals surface area (Å²) in [5.74, 6) is -3.18. The number of amides is 2. The number of nitrogens with one attached hydrogen (secondary N) is 2. The van der Waals surface area contributed by atoms with E-state index in [9.17, 15) is 18.8 Å². The first kappa shape index (κ1) is 19.1. The molecule has 1 aromatic rings. The maximum atomic E-state index is 13.5. The molecule has 2 amide bonds. The van der Waals surface area contributed by atoms with Crippen LogP contribution in [0.5, 0.6) is 0 Å². The van der Waals surface area contributed by atoms with Crippen molar-refractivity contribution < 1.29 is 23.9 Å². The molecular weight excluding hydrogens is 371 g/mol. The predicted octanol–water partition coefficient (Wildman–Crippen LogP) is 1.93. The van der Waals surface area contributed by atoms with Crippen molar-refractivity contribution in [2.24, 2.45) is 5.92 Å². The van der Waals surface area contributed by atoms with E-state index in [0.717, 1.165) is 6.07 Å². The van der Waals surface area contributed by atoms with Crippen LogP contribution < -0.4 is 10.6 Å². The zero-order chi connectivity index (χ0) is 17.6. The van der Waals surface area contributed by atoms with Crippen LogP contribution in [0.3, 0.4) is 0 Å². The first-order valence-corrected chi connectivity index (χ1v) is 7.75. The third kappa shape index (κ3) is 6.35. The Kier molecular flexibility index (Phi) is 7.15. The lowest BCUT2D eigenvalue weighted by Gasteiger charge is -2.16. The molecule has 0 fully saturated rings. The van der Waals surface area contributed by atoms with E-state index in [-0.39, 0.29) is 17.9 Å². The quantitative estimate of drug-likeness (QED) is 0.664. The van der Waals surface area contributed by atoms with Crippen LogP contribution in [-0.2, 0) is 9.59 Å². The fourth-order valence-electron chi connectivity index (χ4n) is 1.87. The summed E-state index contributed by atoms with van der Waals surface area (Å²) in [5.41, 5.74) is -0.205. The largest absolute Gasteiger partial charge is 0.480 e. The van der Waals surface area contributed by atoms with Gasteiger partial charge in [0.25, 0.3) is 5.91 Å². The van der Waals surface area contributed by atoms with E-state index in [1.807, 2.05) is 13.8 Å². The third-order valence-electron chi connectivity index (χ3n) is 2.92. The Hall–Kier alpha value is -1.96. The molecule has 0 bridgehead atoms. The summed E-state index contributed by atoms with van der Waals surface area (Å²) in [7, 11) is 0. The van der Waals surface area contributed by atoms with Gasteiger partial charge in [0.2, 0.25) is 5.91 Å². The van der Waals surface area contributed by atoms with Crippen LogP contribution in [-0.4, -0.2) is 35.5 Å². The molecule has 1 aromatic carbocycles. The predicted molar refractivity (Wildman–Crippen MR) is 85.5 cm³/mol. The Balaban J connectivity index is 2.59. The van der Waals surface area contributed by atoms with Gasteiger partial charge < -0.3 is 15.7 Å². The van der Waals surface area contributed by atoms with E-state index in [2.05, 4.69) is 26.6 Å². The zero-order valence-electron chi connectivity index (χ0n) is 12.7. The van der Waals surface area contributed by atoms with Gasteiger partial charge in [-0.15, -0.1) is 0 Å². The number of carbonyl (C=O) groups is 3. The van der Waals surface area contributed by atoms with E-state index in [4.69, 9.17) is 5.11 Å². The molecule has 0 aromatic heterocycles. The number of carboxylic acid groups (broad SMARTS) is 1. The van der Waals surface area contributed by atoms with Gasteiger partial charge >= 0.3 is 5.97 Å². The van der Waals surface area contributed by atoms with Gasteiger partial charge in [0.15, 0.2) is 0 Å². The summed E-state index contributed by atoms with van der Waals surface area (Å²) in [4.78, 5) is 34.6. The van der Waals surface area contributed by atoms with Gasteiger partial charge in [0, 0.05) is 4.47 Å². The average molecular weight is 389 g/mol. The molecular formula is C15H18BrFN2O4. The normalized spacial score (nSPS) is 11.9. The molecule has 0 aliphatic heterocycles. The summed E-state index contributed by atoms with van der Waals surface area (Å²) in [6, 6.07) is 2.84. The zero-order valence-corrected chi connectivity index (χ0v) is 14.3. The Morgan fingerprint density at radius 2 is 1.96 bits per heavy atom. The number of hydrogen-bond donors (Lipinski definition) is 3. The van der Waals surface area contributed by atoms with Crippen molar-refractivity contribution >= 4 is 33.7 Å². The lowest BCUT2D eigenvalue weighted by Crippen LogP contribution is -2.46. The highest BCUT2D eigenvalue weighted by Crippen LogP contribution is 2.15. The SMILES string of the molecule is CC(C)C[C@H](NC(=O)CNC(=O)c1cc(Br)ccc1F)C(=O)O. The maximum Gasteiger partial charge on any atom is 0.326 e. The smallest absolute Gasteiger partial charge is 0.326 e. The topological polar surface area (TPSA) is 95.5 Å². The molecule has 6 nitrogen and oxygen atoms in total. The Bertz CT molecular complexity index is 607. The lowest BCUT2D eigenvalue weighted by molar-refractivity contribution is -0.142. The minimum absolute atomic E-state index is 0.0850. The highest BCUT2D eigenvalue weighted by Gasteiger charge is 2.21. The lowest BCUT2D eigenvalue weighted by atomic mass is 10.0. The van der Waals surface area contributed by atoms with Gasteiger partial charge in [-0.1, -0.05) is 29.8 Å². The van der Waals surface area contributed by atoms with Gasteiger partial charge in [0.1, 0.15) is 11.9 Å². The van der Waals surface area contributed by atoms with Crippen molar-refractivity contribution in [2.45, 2.75) is 26.3 Å². The van der Waals surface area contributed by atoms with E-state index < -0.39 is 36.2 Å². The van der Waals surface area contributed by atoms with Crippen molar-refractivity contribution in [3.63, 3.8) is 0 Å². The molecule has 126 valence electrons. The number of hydrogen-bond acceptors (Lipinski definition) is 3. The summed E-state index contributed by atoms with van der Waals surface area (Å²) in [6.07, 6.45) is 0.273. The molecule has 0 saturated heterocycles. The van der Waals surface area contributed by atoms with Gasteiger partial charge in [-0.2, -0.15) is 0 Å². The van der Waals surface area contributed by atoms with Crippen LogP contribution in [0.1, 0.15) is 30.6 Å². The second kappa shape index (κ2) is 8.61. The molecule has 8 heteroatoms. The fourth-order valence-corrected chi connectivity index (χ4v) is 2.23. The minimum atomic E-state index is -1.14. The summed E-state index contributed by atoms with van der Waals surface area (Å²) >= 11 is 3.12. The van der Waals surface area contributed by atoms with Crippen molar-refractivity contribution in [3.05, 3.63) is 34.1 Å². The number of benzene rings is 1. The molecule has 0 unspecified atom stereocenters. The number of carbonyl (C=O) groups excluding carboxylic acids is 2. The molecule has 0 saturated carbocycles. The first-order chi connectivity index (χ1) is 10.7. The van der Waals surface area contributed by atoms with Crippen LogP contribution in [0, 0.1) is 11.7 Å². The number of halogens is 2. The molecule has 1 atom stereocenters. The highest BCUT2D eigenvalue weighted by molar-refractivity contribution is 9.10. The van der Waals surface area contributed by atoms with Gasteiger partial charge in [-0.25, -0.2) is 9.18 Å². The van der Waals surface area contributed by atoms with Crippen LogP contribution in [0.4, 0.5) is 4.39 Å². The monoisotopic (exact) mass is 388 g/mol. The van der Waals surface area contributed by atoms with Crippen molar-refractivity contribution in [2.75, 3.05) is 6.54 Å². The molecule has 1 rings (SSSR count). The summed E-state index contributed by atoms with van der Waals surface area (Å²) < 4.78 is 14.1. The average Bonchev–Trinajstić information content (AvgIpc) is 2.46. The Morgan fingerprint density at radius 3 is 2.52 bits per heavy atom. The van der Waals surface area contributed by atoms with Crippen molar-refractivity contribution in [3.8, 4) is 0 Å². The van der Waals surface area contributed by atoms with Crippen molar-refractivity contribution in [1.29, 1.82) is 0 Å². The van der Waals surface area contributed by atoms with Gasteiger partial charge in [0.05, 0.1) is 12.1 Å². The second-order valence-electron chi connectivity index (χ2n) is 5.39. The van der Waals surface area contributed by atoms with Gasteiger partial charge in [-0.05, 0) is 30.5 Å². The van der Waals surface area contributed by atoms with E-state index in [1.165, 1.54) is 12.1 Å². The standard InChI is InChI=1S/C15H18BrFN2O4/c1-8(2)5-12(15(22)23)19-13(20)7-18-14(21)10-6-9(16)3-4-11(10)17/h3-4,6,8,12H,5,7H2,1-2H3,(H,18,21)(H,19,20)(H,22,23)/t12-/m0/s1. The number of aliphatic carboxylic acids is 1.